The number of aromatic nitrogens is 1. The Morgan fingerprint density at radius 3 is 2.38 bits per heavy atom. The van der Waals surface area contributed by atoms with Gasteiger partial charge in [-0.15, -0.1) is 0 Å². The highest BCUT2D eigenvalue weighted by Crippen LogP contribution is 2.37. The predicted octanol–water partition coefficient (Wildman–Crippen LogP) is 3.89. The molecular formula is C27H35BrClN5O3. The van der Waals surface area contributed by atoms with Crippen molar-refractivity contribution in [1.29, 1.82) is 0 Å². The van der Waals surface area contributed by atoms with Gasteiger partial charge in [0.15, 0.2) is 6.20 Å². The summed E-state index contributed by atoms with van der Waals surface area (Å²) >= 11 is 9.81. The molecule has 2 aromatic rings. The van der Waals surface area contributed by atoms with Crippen molar-refractivity contribution < 1.29 is 14.3 Å². The molecule has 37 heavy (non-hydrogen) atoms. The molecule has 1 aromatic heterocycles. The van der Waals surface area contributed by atoms with Gasteiger partial charge in [-0.2, -0.15) is 4.73 Å². The Hall–Kier alpha value is -2.36. The number of rotatable bonds is 3. The van der Waals surface area contributed by atoms with Gasteiger partial charge < -0.3 is 20.7 Å². The first-order valence-electron chi connectivity index (χ1n) is 12.6. The van der Waals surface area contributed by atoms with E-state index < -0.39 is 0 Å². The normalized spacial score (nSPS) is 20.4. The molecule has 5 rings (SSSR count). The molecule has 3 amide bonds. The van der Waals surface area contributed by atoms with Crippen LogP contribution in [0.1, 0.15) is 55.1 Å². The molecule has 0 unspecified atom stereocenters. The van der Waals surface area contributed by atoms with E-state index in [4.69, 9.17) is 17.3 Å². The molecule has 2 saturated heterocycles. The third kappa shape index (κ3) is 5.89. The second-order valence-corrected chi connectivity index (χ2v) is 11.4. The molecule has 2 N–H and O–H groups in total. The number of benzene rings is 1. The predicted molar refractivity (Wildman–Crippen MR) is 147 cm³/mol. The van der Waals surface area contributed by atoms with E-state index in [-0.39, 0.29) is 31.3 Å². The number of fused-ring (bicyclic) bond motifs is 2. The Balaban J connectivity index is 0.00000320. The molecule has 2 fully saturated rings. The van der Waals surface area contributed by atoms with E-state index in [1.807, 2.05) is 23.1 Å². The minimum atomic E-state index is -0.383. The van der Waals surface area contributed by atoms with Gasteiger partial charge >= 0.3 is 6.03 Å². The first kappa shape index (κ1) is 27.7. The summed E-state index contributed by atoms with van der Waals surface area (Å²) in [6.07, 6.45) is 5.30. The molecule has 8 nitrogen and oxygen atoms in total. The number of urea groups is 1. The van der Waals surface area contributed by atoms with Crippen LogP contribution in [0.25, 0.3) is 0 Å². The third-order valence-electron chi connectivity index (χ3n) is 7.86. The number of pyridine rings is 1. The van der Waals surface area contributed by atoms with Crippen LogP contribution in [0.3, 0.4) is 0 Å². The van der Waals surface area contributed by atoms with E-state index >= 15 is 0 Å². The number of hydrogen-bond donors (Lipinski definition) is 1. The topological polar surface area (TPSA) is 96.8 Å². The van der Waals surface area contributed by atoms with E-state index in [9.17, 15) is 14.8 Å². The van der Waals surface area contributed by atoms with Crippen LogP contribution in [0.15, 0.2) is 34.9 Å². The van der Waals surface area contributed by atoms with Gasteiger partial charge in [-0.1, -0.05) is 25.1 Å². The number of hydrogen-bond acceptors (Lipinski definition) is 4. The van der Waals surface area contributed by atoms with Crippen LogP contribution in [-0.4, -0.2) is 65.9 Å². The Kier molecular flexibility index (Phi) is 8.66. The Bertz CT molecular complexity index is 1160. The highest BCUT2D eigenvalue weighted by molar-refractivity contribution is 9.10. The third-order valence-corrected chi connectivity index (χ3v) is 8.53. The van der Waals surface area contributed by atoms with E-state index in [0.717, 1.165) is 51.7 Å². The average Bonchev–Trinajstić information content (AvgIpc) is 3.01. The van der Waals surface area contributed by atoms with Crippen LogP contribution in [0, 0.1) is 11.1 Å². The van der Waals surface area contributed by atoms with Gasteiger partial charge in [0.2, 0.25) is 11.6 Å². The highest BCUT2D eigenvalue weighted by atomic mass is 79.9. The van der Waals surface area contributed by atoms with Crippen molar-refractivity contribution in [3.05, 3.63) is 67.5 Å². The van der Waals surface area contributed by atoms with Gasteiger partial charge in [0, 0.05) is 56.3 Å². The van der Waals surface area contributed by atoms with Crippen molar-refractivity contribution in [2.24, 2.45) is 11.7 Å². The molecule has 10 heteroatoms. The SMILES string of the molecule is C.NC(=O)N1CCC(CC(=O)N2CCN([C@@H]3c4ccc(Cl)cc4CCc4cc(Br)c[n+]([O-])c43)CC2)CC1. The van der Waals surface area contributed by atoms with E-state index in [0.29, 0.717) is 50.7 Å². The van der Waals surface area contributed by atoms with Gasteiger partial charge in [-0.3, -0.25) is 9.69 Å². The Labute approximate surface area is 232 Å². The van der Waals surface area contributed by atoms with Crippen LogP contribution >= 0.6 is 27.5 Å². The van der Waals surface area contributed by atoms with E-state index in [1.165, 1.54) is 5.56 Å². The molecule has 2 aliphatic heterocycles. The van der Waals surface area contributed by atoms with Crippen LogP contribution in [0.5, 0.6) is 0 Å². The number of carbonyl (C=O) groups excluding carboxylic acids is 2. The van der Waals surface area contributed by atoms with Crippen LogP contribution in [0.2, 0.25) is 5.02 Å². The largest absolute Gasteiger partial charge is 0.618 e. The zero-order valence-electron chi connectivity index (χ0n) is 20.2. The number of piperazine rings is 1. The summed E-state index contributed by atoms with van der Waals surface area (Å²) in [5.41, 5.74) is 9.46. The van der Waals surface area contributed by atoms with Gasteiger partial charge in [-0.05, 0) is 76.9 Å². The van der Waals surface area contributed by atoms with Crippen LogP contribution in [0.4, 0.5) is 4.79 Å². The first-order valence-corrected chi connectivity index (χ1v) is 13.7. The number of carbonyl (C=O) groups is 2. The van der Waals surface area contributed by atoms with Gasteiger partial charge in [0.05, 0.1) is 4.47 Å². The van der Waals surface area contributed by atoms with Crippen molar-refractivity contribution in [3.8, 4) is 0 Å². The zero-order chi connectivity index (χ0) is 25.4. The molecule has 3 aliphatic rings. The molecule has 0 bridgehead atoms. The average molecular weight is 593 g/mol. The molecule has 3 heterocycles. The number of piperidine rings is 1. The number of nitrogens with zero attached hydrogens (tertiary/aromatic N) is 4. The summed E-state index contributed by atoms with van der Waals surface area (Å²) in [5, 5.41) is 13.9. The lowest BCUT2D eigenvalue weighted by Gasteiger charge is -2.39. The van der Waals surface area contributed by atoms with E-state index in [2.05, 4.69) is 26.9 Å². The number of aryl methyl sites for hydroxylation is 2. The highest BCUT2D eigenvalue weighted by Gasteiger charge is 2.37. The maximum Gasteiger partial charge on any atom is 0.314 e. The van der Waals surface area contributed by atoms with Gasteiger partial charge in [0.25, 0.3) is 0 Å². The maximum atomic E-state index is 13.2. The minimum Gasteiger partial charge on any atom is -0.618 e. The summed E-state index contributed by atoms with van der Waals surface area (Å²) in [6.45, 7) is 3.88. The smallest absolute Gasteiger partial charge is 0.314 e. The summed E-state index contributed by atoms with van der Waals surface area (Å²) in [4.78, 5) is 30.4. The van der Waals surface area contributed by atoms with Crippen molar-refractivity contribution >= 4 is 39.5 Å². The van der Waals surface area contributed by atoms with Crippen molar-refractivity contribution in [2.45, 2.75) is 45.6 Å². The Morgan fingerprint density at radius 2 is 1.70 bits per heavy atom. The monoisotopic (exact) mass is 591 g/mol. The second-order valence-electron chi connectivity index (χ2n) is 10.0. The minimum absolute atomic E-state index is 0. The fourth-order valence-corrected chi connectivity index (χ4v) is 6.56. The molecule has 0 saturated carbocycles. The zero-order valence-corrected chi connectivity index (χ0v) is 22.5. The fourth-order valence-electron chi connectivity index (χ4n) is 5.90. The molecule has 0 spiro atoms. The number of halogens is 2. The standard InChI is InChI=1S/C26H31BrClN5O3.CH4/c27-20-14-19-2-1-18-15-21(28)3-4-22(18)25(24(19)33(36)16-20)31-11-9-30(10-12-31)23(34)13-17-5-7-32(8-6-17)26(29)35;/h3-4,14-17,25H,1-2,5-13H2,(H2,29,35);1H4/t25-;/m1./s1. The number of likely N-dealkylation sites (tertiary alicyclic amines) is 1. The fraction of sp³-hybridized carbons (Fsp3) is 0.519. The molecule has 1 aromatic carbocycles. The van der Waals surface area contributed by atoms with Crippen molar-refractivity contribution in [2.75, 3.05) is 39.3 Å². The quantitative estimate of drug-likeness (QED) is 0.432. The lowest BCUT2D eigenvalue weighted by Crippen LogP contribution is -2.52. The number of nitrogens with two attached hydrogens (primary N) is 1. The second kappa shape index (κ2) is 11.6. The van der Waals surface area contributed by atoms with Gasteiger partial charge in [-0.25, -0.2) is 4.79 Å². The maximum absolute atomic E-state index is 13.2. The summed E-state index contributed by atoms with van der Waals surface area (Å²) < 4.78 is 1.78. The lowest BCUT2D eigenvalue weighted by molar-refractivity contribution is -0.617. The Morgan fingerprint density at radius 1 is 1.03 bits per heavy atom. The summed E-state index contributed by atoms with van der Waals surface area (Å²) in [6, 6.07) is 7.45. The first-order chi connectivity index (χ1) is 17.3. The molecule has 0 radical (unpaired) electrons. The number of primary amides is 1. The van der Waals surface area contributed by atoms with Crippen molar-refractivity contribution in [3.63, 3.8) is 0 Å². The molecule has 1 atom stereocenters. The van der Waals surface area contributed by atoms with Gasteiger partial charge in [0.1, 0.15) is 6.04 Å². The summed E-state index contributed by atoms with van der Waals surface area (Å²) in [7, 11) is 0. The summed E-state index contributed by atoms with van der Waals surface area (Å²) in [5.74, 6) is 0.456. The molecular weight excluding hydrogens is 558 g/mol. The van der Waals surface area contributed by atoms with Crippen LogP contribution in [-0.2, 0) is 17.6 Å². The molecule has 200 valence electrons. The van der Waals surface area contributed by atoms with Crippen molar-refractivity contribution in [1.82, 2.24) is 14.7 Å². The number of amides is 3. The molecule has 1 aliphatic carbocycles. The lowest BCUT2D eigenvalue weighted by atomic mass is 9.93. The van der Waals surface area contributed by atoms with Crippen LogP contribution < -0.4 is 10.5 Å². The van der Waals surface area contributed by atoms with E-state index in [1.54, 1.807) is 11.1 Å².